The minimum absolute atomic E-state index is 0.0481. The number of hydrogen-bond donors (Lipinski definition) is 1. The van der Waals surface area contributed by atoms with Gasteiger partial charge in [-0.2, -0.15) is 0 Å². The maximum atomic E-state index is 12.7. The molecule has 0 saturated carbocycles. The van der Waals surface area contributed by atoms with Crippen molar-refractivity contribution in [1.29, 1.82) is 0 Å². The Hall–Kier alpha value is -3.19. The first-order chi connectivity index (χ1) is 14.6. The molecule has 1 saturated heterocycles. The molecule has 7 nitrogen and oxygen atoms in total. The summed E-state index contributed by atoms with van der Waals surface area (Å²) in [6.45, 7) is 3.97. The van der Waals surface area contributed by atoms with Crippen LogP contribution in [0.2, 0.25) is 0 Å². The second-order valence-corrected chi connectivity index (χ2v) is 7.52. The first-order valence-corrected chi connectivity index (χ1v) is 10.2. The molecule has 7 heteroatoms. The number of rotatable bonds is 6. The van der Waals surface area contributed by atoms with Crippen LogP contribution in [0.25, 0.3) is 0 Å². The van der Waals surface area contributed by atoms with Gasteiger partial charge in [0.05, 0.1) is 6.54 Å². The molecule has 4 rings (SSSR count). The molecule has 1 aromatic carbocycles. The predicted molar refractivity (Wildman–Crippen MR) is 111 cm³/mol. The topological polar surface area (TPSA) is 86.4 Å². The maximum absolute atomic E-state index is 12.7. The van der Waals surface area contributed by atoms with Gasteiger partial charge in [-0.1, -0.05) is 30.3 Å². The van der Waals surface area contributed by atoms with Gasteiger partial charge < -0.3 is 19.0 Å². The smallest absolute Gasteiger partial charge is 0.349 e. The zero-order valence-electron chi connectivity index (χ0n) is 17.0. The normalized spacial score (nSPS) is 14.6. The van der Waals surface area contributed by atoms with Crippen molar-refractivity contribution < 1.29 is 13.9 Å². The van der Waals surface area contributed by atoms with Crippen LogP contribution in [-0.2, 0) is 17.8 Å². The number of nitrogens with one attached hydrogen (secondary N) is 1. The van der Waals surface area contributed by atoms with Gasteiger partial charge in [0.1, 0.15) is 17.1 Å². The highest BCUT2D eigenvalue weighted by Gasteiger charge is 2.23. The van der Waals surface area contributed by atoms with Crippen LogP contribution in [0.3, 0.4) is 0 Å². The molecule has 156 valence electrons. The maximum Gasteiger partial charge on any atom is 0.349 e. The van der Waals surface area contributed by atoms with Crippen LogP contribution < -0.4 is 10.9 Å². The number of aryl methyl sites for hydroxylation is 1. The minimum atomic E-state index is -0.596. The monoisotopic (exact) mass is 407 g/mol. The Kier molecular flexibility index (Phi) is 6.09. The van der Waals surface area contributed by atoms with Gasteiger partial charge in [-0.25, -0.2) is 9.78 Å². The molecule has 1 amide bonds. The number of benzene rings is 1. The van der Waals surface area contributed by atoms with E-state index < -0.39 is 11.5 Å². The van der Waals surface area contributed by atoms with Crippen molar-refractivity contribution in [3.63, 3.8) is 0 Å². The van der Waals surface area contributed by atoms with E-state index in [0.29, 0.717) is 36.9 Å². The van der Waals surface area contributed by atoms with E-state index in [0.717, 1.165) is 18.4 Å². The average Bonchev–Trinajstić information content (AvgIpc) is 3.20. The van der Waals surface area contributed by atoms with E-state index in [2.05, 4.69) is 10.3 Å². The summed E-state index contributed by atoms with van der Waals surface area (Å²) < 4.78 is 12.8. The Labute approximate surface area is 174 Å². The molecule has 0 radical (unpaired) electrons. The third-order valence-corrected chi connectivity index (χ3v) is 5.42. The molecule has 0 atom stereocenters. The van der Waals surface area contributed by atoms with Gasteiger partial charge in [-0.3, -0.25) is 4.79 Å². The van der Waals surface area contributed by atoms with E-state index in [1.54, 1.807) is 13.1 Å². The highest BCUT2D eigenvalue weighted by molar-refractivity contribution is 5.95. The molecule has 0 bridgehead atoms. The van der Waals surface area contributed by atoms with E-state index in [9.17, 15) is 9.59 Å². The van der Waals surface area contributed by atoms with E-state index in [-0.39, 0.29) is 18.0 Å². The molecule has 1 aliphatic rings. The SMILES string of the molecule is Cc1cc(C2CCOCC2)oc(=O)c1C(=O)NCc1nccn1Cc1ccccc1. The lowest BCUT2D eigenvalue weighted by Gasteiger charge is -2.21. The summed E-state index contributed by atoms with van der Waals surface area (Å²) in [6, 6.07) is 11.8. The molecule has 1 N–H and O–H groups in total. The van der Waals surface area contributed by atoms with E-state index in [1.807, 2.05) is 47.2 Å². The molecule has 1 fully saturated rings. The van der Waals surface area contributed by atoms with Crippen LogP contribution in [0.5, 0.6) is 0 Å². The first-order valence-electron chi connectivity index (χ1n) is 10.2. The van der Waals surface area contributed by atoms with Crippen molar-refractivity contribution >= 4 is 5.91 Å². The van der Waals surface area contributed by atoms with Crippen molar-refractivity contribution in [3.8, 4) is 0 Å². The number of amides is 1. The Morgan fingerprint density at radius 1 is 1.23 bits per heavy atom. The summed E-state index contributed by atoms with van der Waals surface area (Å²) in [6.07, 6.45) is 5.21. The van der Waals surface area contributed by atoms with Gasteiger partial charge >= 0.3 is 5.63 Å². The fourth-order valence-corrected chi connectivity index (χ4v) is 3.77. The molecule has 0 aliphatic carbocycles. The van der Waals surface area contributed by atoms with Gasteiger partial charge in [0, 0.05) is 38.1 Å². The fourth-order valence-electron chi connectivity index (χ4n) is 3.77. The number of ether oxygens (including phenoxy) is 1. The Morgan fingerprint density at radius 3 is 2.73 bits per heavy atom. The predicted octanol–water partition coefficient (Wildman–Crippen LogP) is 3.02. The van der Waals surface area contributed by atoms with E-state index >= 15 is 0 Å². The highest BCUT2D eigenvalue weighted by atomic mass is 16.5. The van der Waals surface area contributed by atoms with Crippen LogP contribution in [-0.4, -0.2) is 28.7 Å². The number of hydrogen-bond acceptors (Lipinski definition) is 5. The zero-order chi connectivity index (χ0) is 20.9. The number of carbonyl (C=O) groups is 1. The molecule has 3 aromatic rings. The third kappa shape index (κ3) is 4.52. The fraction of sp³-hybridized carbons (Fsp3) is 0.348. The van der Waals surface area contributed by atoms with Crippen LogP contribution in [0, 0.1) is 6.92 Å². The van der Waals surface area contributed by atoms with Gasteiger partial charge in [0.25, 0.3) is 5.91 Å². The number of aromatic nitrogens is 2. The largest absolute Gasteiger partial charge is 0.427 e. The summed E-state index contributed by atoms with van der Waals surface area (Å²) in [5.74, 6) is 1.06. The van der Waals surface area contributed by atoms with Crippen molar-refractivity contribution in [2.45, 2.75) is 38.8 Å². The molecular formula is C23H25N3O4. The Morgan fingerprint density at radius 2 is 2.00 bits per heavy atom. The van der Waals surface area contributed by atoms with Gasteiger partial charge in [0.2, 0.25) is 0 Å². The molecule has 0 spiro atoms. The summed E-state index contributed by atoms with van der Waals surface area (Å²) >= 11 is 0. The summed E-state index contributed by atoms with van der Waals surface area (Å²) in [5, 5.41) is 2.81. The first kappa shape index (κ1) is 20.1. The Bertz CT molecular complexity index is 1070. The standard InChI is InChI=1S/C23H25N3O4/c1-16-13-19(18-7-11-29-12-8-18)30-23(28)21(16)22(27)25-14-20-24-9-10-26(20)15-17-5-3-2-4-6-17/h2-6,9-10,13,18H,7-8,11-12,14-15H2,1H3,(H,25,27). The van der Waals surface area contributed by atoms with Crippen LogP contribution >= 0.6 is 0 Å². The molecule has 2 aromatic heterocycles. The molecule has 30 heavy (non-hydrogen) atoms. The van der Waals surface area contributed by atoms with Crippen molar-refractivity contribution in [3.05, 3.63) is 87.5 Å². The van der Waals surface area contributed by atoms with Gasteiger partial charge in [-0.05, 0) is 37.0 Å². The molecule has 1 aliphatic heterocycles. The Balaban J connectivity index is 1.45. The van der Waals surface area contributed by atoms with E-state index in [1.165, 1.54) is 0 Å². The average molecular weight is 407 g/mol. The lowest BCUT2D eigenvalue weighted by molar-refractivity contribution is 0.0795. The summed E-state index contributed by atoms with van der Waals surface area (Å²) in [7, 11) is 0. The lowest BCUT2D eigenvalue weighted by atomic mass is 9.95. The highest BCUT2D eigenvalue weighted by Crippen LogP contribution is 2.27. The molecule has 0 unspecified atom stereocenters. The van der Waals surface area contributed by atoms with Crippen LogP contribution in [0.15, 0.2) is 58.0 Å². The van der Waals surface area contributed by atoms with Crippen molar-refractivity contribution in [2.75, 3.05) is 13.2 Å². The number of imidazole rings is 1. The second-order valence-electron chi connectivity index (χ2n) is 7.52. The summed E-state index contributed by atoms with van der Waals surface area (Å²) in [5.41, 5.74) is 1.22. The number of carbonyl (C=O) groups excluding carboxylic acids is 1. The van der Waals surface area contributed by atoms with Crippen LogP contribution in [0.1, 0.15) is 51.8 Å². The molecular weight excluding hydrogens is 382 g/mol. The van der Waals surface area contributed by atoms with Crippen molar-refractivity contribution in [2.24, 2.45) is 0 Å². The van der Waals surface area contributed by atoms with Gasteiger partial charge in [0.15, 0.2) is 0 Å². The molecule has 3 heterocycles. The van der Waals surface area contributed by atoms with Crippen LogP contribution in [0.4, 0.5) is 0 Å². The van der Waals surface area contributed by atoms with E-state index in [4.69, 9.17) is 9.15 Å². The summed E-state index contributed by atoms with van der Waals surface area (Å²) in [4.78, 5) is 29.6. The number of nitrogens with zero attached hydrogens (tertiary/aromatic N) is 2. The van der Waals surface area contributed by atoms with Crippen molar-refractivity contribution in [1.82, 2.24) is 14.9 Å². The minimum Gasteiger partial charge on any atom is -0.427 e. The zero-order valence-corrected chi connectivity index (χ0v) is 17.0. The third-order valence-electron chi connectivity index (χ3n) is 5.42. The lowest BCUT2D eigenvalue weighted by Crippen LogP contribution is -2.30. The second kappa shape index (κ2) is 9.09. The van der Waals surface area contributed by atoms with Gasteiger partial charge in [-0.15, -0.1) is 0 Å². The quantitative estimate of drug-likeness (QED) is 0.679.